The van der Waals surface area contributed by atoms with Crippen LogP contribution >= 0.6 is 0 Å². The second kappa shape index (κ2) is 15.4. The Kier molecular flexibility index (Phi) is 13.1. The average molecular weight is 528 g/mol. The summed E-state index contributed by atoms with van der Waals surface area (Å²) in [5.74, 6) is -0.471. The van der Waals surface area contributed by atoms with Gasteiger partial charge in [-0.25, -0.2) is 9.59 Å². The van der Waals surface area contributed by atoms with Crippen LogP contribution in [0.25, 0.3) is 23.4 Å². The first-order chi connectivity index (χ1) is 17.3. The van der Waals surface area contributed by atoms with Crippen molar-refractivity contribution in [1.29, 1.82) is 0 Å². The molecule has 0 aliphatic carbocycles. The Hall–Kier alpha value is -3.84. The number of aromatic nitrogens is 6. The average Bonchev–Trinajstić information content (AvgIpc) is 3.64. The van der Waals surface area contributed by atoms with E-state index in [1.54, 1.807) is 20.8 Å². The standard InChI is InChI=1S/C9H9N3O4.C7H5N3O4.C5H10O.Li.H2O/c1-3-14-9(13)6-4-15-8(11-6)7-10-5(2)16-12-7;1-3-8-5(10-14-3)6-9-4(2-13-6)7(11)12;1-5-3-2-4-6-5;;/h4H,3H2,1-2H3;2H,1H3,(H,11,12);5H,2-4H2,1H3;;1H2/q;;;+1;/p-1. The van der Waals surface area contributed by atoms with Crippen molar-refractivity contribution in [3.05, 3.63) is 35.7 Å². The maximum atomic E-state index is 11.3. The zero-order valence-corrected chi connectivity index (χ0v) is 21.4. The predicted octanol–water partition coefficient (Wildman–Crippen LogP) is -0.0466. The normalized spacial score (nSPS) is 13.6. The van der Waals surface area contributed by atoms with Crippen molar-refractivity contribution < 1.29 is 66.4 Å². The first kappa shape index (κ1) is 32.2. The number of hydrogen-bond acceptors (Lipinski definition) is 15. The summed E-state index contributed by atoms with van der Waals surface area (Å²) in [6, 6.07) is 0. The molecule has 4 aromatic heterocycles. The van der Waals surface area contributed by atoms with Crippen molar-refractivity contribution in [2.45, 2.75) is 46.6 Å². The van der Waals surface area contributed by atoms with E-state index < -0.39 is 11.9 Å². The molecule has 1 unspecified atom stereocenters. The van der Waals surface area contributed by atoms with Gasteiger partial charge in [-0.15, -0.1) is 0 Å². The van der Waals surface area contributed by atoms with Gasteiger partial charge >= 0.3 is 30.8 Å². The summed E-state index contributed by atoms with van der Waals surface area (Å²) in [6.45, 7) is 8.35. The fourth-order valence-corrected chi connectivity index (χ4v) is 2.66. The number of hydrogen-bond donors (Lipinski definition) is 1. The summed E-state index contributed by atoms with van der Waals surface area (Å²) >= 11 is 0. The molecule has 0 saturated carbocycles. The van der Waals surface area contributed by atoms with E-state index >= 15 is 0 Å². The molecule has 2 N–H and O–H groups in total. The SMILES string of the molecule is CC1CCCO1.CCOC(=O)c1coc(-c2noc(C)n2)n1.Cc1nc(-c2nc(C(=O)O)co2)no1.[Li+].[OH-]. The molecule has 0 bridgehead atoms. The van der Waals surface area contributed by atoms with Gasteiger partial charge in [-0.05, 0) is 26.7 Å². The van der Waals surface area contributed by atoms with E-state index in [9.17, 15) is 9.59 Å². The Morgan fingerprint density at radius 2 is 1.50 bits per heavy atom. The molecule has 200 valence electrons. The van der Waals surface area contributed by atoms with E-state index in [0.717, 1.165) is 12.9 Å². The van der Waals surface area contributed by atoms with Crippen LogP contribution in [0.4, 0.5) is 0 Å². The van der Waals surface area contributed by atoms with E-state index in [4.69, 9.17) is 27.9 Å². The molecule has 38 heavy (non-hydrogen) atoms. The van der Waals surface area contributed by atoms with Crippen LogP contribution < -0.4 is 18.9 Å². The van der Waals surface area contributed by atoms with Crippen molar-refractivity contribution in [2.24, 2.45) is 0 Å². The summed E-state index contributed by atoms with van der Waals surface area (Å²) in [5.41, 5.74) is -0.109. The number of carboxylic acid groups (broad SMARTS) is 1. The third kappa shape index (κ3) is 9.23. The van der Waals surface area contributed by atoms with E-state index in [-0.39, 0.29) is 65.8 Å². The Morgan fingerprint density at radius 3 is 1.84 bits per heavy atom. The minimum atomic E-state index is -1.17. The fraction of sp³-hybridized carbons (Fsp3) is 0.429. The van der Waals surface area contributed by atoms with E-state index in [1.165, 1.54) is 19.1 Å². The van der Waals surface area contributed by atoms with Crippen LogP contribution in [0.1, 0.15) is 59.4 Å². The van der Waals surface area contributed by atoms with Gasteiger partial charge in [-0.3, -0.25) is 0 Å². The summed E-state index contributed by atoms with van der Waals surface area (Å²) in [6.07, 6.45) is 5.29. The molecule has 1 aliphatic rings. The number of esters is 1. The molecule has 0 aromatic carbocycles. The monoisotopic (exact) mass is 528 g/mol. The number of ether oxygens (including phenoxy) is 2. The van der Waals surface area contributed by atoms with Gasteiger partial charge in [0.05, 0.1) is 12.7 Å². The van der Waals surface area contributed by atoms with Gasteiger partial charge in [0.2, 0.25) is 11.8 Å². The second-order valence-electron chi connectivity index (χ2n) is 7.20. The zero-order valence-electron chi connectivity index (χ0n) is 21.4. The van der Waals surface area contributed by atoms with Crippen LogP contribution in [0.3, 0.4) is 0 Å². The zero-order chi connectivity index (χ0) is 26.1. The molecule has 0 radical (unpaired) electrons. The molecule has 1 fully saturated rings. The third-order valence-electron chi connectivity index (χ3n) is 4.31. The van der Waals surface area contributed by atoms with Gasteiger partial charge in [0.25, 0.3) is 23.4 Å². The summed E-state index contributed by atoms with van der Waals surface area (Å²) in [5, 5.41) is 15.7. The number of oxazole rings is 2. The van der Waals surface area contributed by atoms with Crippen LogP contribution in [0.2, 0.25) is 0 Å². The summed E-state index contributed by atoms with van der Waals surface area (Å²) in [7, 11) is 0. The van der Waals surface area contributed by atoms with Gasteiger partial charge < -0.3 is 37.9 Å². The molecular weight excluding hydrogens is 503 g/mol. The van der Waals surface area contributed by atoms with Crippen molar-refractivity contribution in [2.75, 3.05) is 13.2 Å². The molecule has 5 rings (SSSR count). The Balaban J connectivity index is 0.000000301. The van der Waals surface area contributed by atoms with Gasteiger partial charge in [0.15, 0.2) is 11.4 Å². The van der Waals surface area contributed by atoms with Crippen LogP contribution in [0, 0.1) is 13.8 Å². The Bertz CT molecular complexity index is 1280. The van der Waals surface area contributed by atoms with Crippen molar-refractivity contribution in [3.63, 3.8) is 0 Å². The van der Waals surface area contributed by atoms with E-state index in [0.29, 0.717) is 17.9 Å². The topological polar surface area (TPSA) is 233 Å². The smallest absolute Gasteiger partial charge is 0.870 e. The third-order valence-corrected chi connectivity index (χ3v) is 4.31. The fourth-order valence-electron chi connectivity index (χ4n) is 2.66. The number of carbonyl (C=O) groups excluding carboxylic acids is 1. The molecule has 1 aliphatic heterocycles. The van der Waals surface area contributed by atoms with Gasteiger partial charge in [0, 0.05) is 20.5 Å². The molecule has 5 heterocycles. The minimum Gasteiger partial charge on any atom is -0.870 e. The molecular formula is C21H25LiN6O10. The molecule has 1 atom stereocenters. The number of aryl methyl sites for hydroxylation is 2. The number of carboxylic acids is 1. The summed E-state index contributed by atoms with van der Waals surface area (Å²) in [4.78, 5) is 37.0. The maximum absolute atomic E-state index is 11.3. The number of nitrogens with zero attached hydrogens (tertiary/aromatic N) is 6. The molecule has 16 nitrogen and oxygen atoms in total. The van der Waals surface area contributed by atoms with Crippen LogP contribution in [-0.2, 0) is 9.47 Å². The van der Waals surface area contributed by atoms with Gasteiger partial charge in [-0.2, -0.15) is 19.9 Å². The number of carbonyl (C=O) groups is 2. The largest absolute Gasteiger partial charge is 1.00 e. The van der Waals surface area contributed by atoms with E-state index in [1.807, 2.05) is 0 Å². The minimum absolute atomic E-state index is 0. The van der Waals surface area contributed by atoms with Crippen LogP contribution in [-0.4, -0.2) is 72.1 Å². The van der Waals surface area contributed by atoms with Crippen LogP contribution in [0.15, 0.2) is 30.4 Å². The Labute approximate surface area is 227 Å². The van der Waals surface area contributed by atoms with Gasteiger partial charge in [-0.1, -0.05) is 10.3 Å². The second-order valence-corrected chi connectivity index (χ2v) is 7.20. The molecule has 0 spiro atoms. The molecule has 17 heteroatoms. The maximum Gasteiger partial charge on any atom is 1.00 e. The number of aromatic carboxylic acids is 1. The quantitative estimate of drug-likeness (QED) is 0.264. The first-order valence-electron chi connectivity index (χ1n) is 10.8. The van der Waals surface area contributed by atoms with Crippen molar-refractivity contribution >= 4 is 11.9 Å². The van der Waals surface area contributed by atoms with Crippen molar-refractivity contribution in [1.82, 2.24) is 30.2 Å². The predicted molar refractivity (Wildman–Crippen MR) is 119 cm³/mol. The molecule has 4 aromatic rings. The number of rotatable bonds is 5. The van der Waals surface area contributed by atoms with Crippen molar-refractivity contribution in [3.8, 4) is 23.4 Å². The van der Waals surface area contributed by atoms with E-state index in [2.05, 4.69) is 41.7 Å². The van der Waals surface area contributed by atoms with Gasteiger partial charge in [0.1, 0.15) is 12.5 Å². The first-order valence-corrected chi connectivity index (χ1v) is 10.8. The Morgan fingerprint density at radius 1 is 0.974 bits per heavy atom. The van der Waals surface area contributed by atoms with Crippen LogP contribution in [0.5, 0.6) is 0 Å². The molecule has 0 amide bonds. The molecule has 1 saturated heterocycles. The summed E-state index contributed by atoms with van der Waals surface area (Å²) < 4.78 is 29.2.